The monoisotopic (exact) mass is 309 g/mol. The van der Waals surface area contributed by atoms with E-state index in [1.54, 1.807) is 6.20 Å². The molecule has 0 atom stereocenters. The minimum Gasteiger partial charge on any atom is -0.363 e. The SMILES string of the molecule is CCNC(=S)Nc1cnc2ccc(-c3ccccc3)nc2n1. The van der Waals surface area contributed by atoms with Crippen LogP contribution in [0, 0.1) is 0 Å². The second-order valence-corrected chi connectivity index (χ2v) is 5.05. The van der Waals surface area contributed by atoms with Crippen molar-refractivity contribution in [2.75, 3.05) is 11.9 Å². The van der Waals surface area contributed by atoms with Crippen LogP contribution in [0.4, 0.5) is 5.82 Å². The van der Waals surface area contributed by atoms with Gasteiger partial charge in [-0.05, 0) is 31.3 Å². The van der Waals surface area contributed by atoms with Crippen LogP contribution in [0.25, 0.3) is 22.4 Å². The van der Waals surface area contributed by atoms with Gasteiger partial charge in [0, 0.05) is 12.1 Å². The van der Waals surface area contributed by atoms with Crippen LogP contribution in [0.15, 0.2) is 48.7 Å². The molecule has 3 aromatic rings. The summed E-state index contributed by atoms with van der Waals surface area (Å²) in [7, 11) is 0. The number of benzene rings is 1. The van der Waals surface area contributed by atoms with Gasteiger partial charge in [0.25, 0.3) is 0 Å². The van der Waals surface area contributed by atoms with Crippen molar-refractivity contribution < 1.29 is 0 Å². The Morgan fingerprint density at radius 1 is 1.09 bits per heavy atom. The number of nitrogens with zero attached hydrogens (tertiary/aromatic N) is 3. The molecule has 0 aliphatic rings. The first-order chi connectivity index (χ1) is 10.8. The van der Waals surface area contributed by atoms with Gasteiger partial charge >= 0.3 is 0 Å². The predicted molar refractivity (Wildman–Crippen MR) is 92.7 cm³/mol. The fourth-order valence-electron chi connectivity index (χ4n) is 2.05. The molecule has 0 radical (unpaired) electrons. The van der Waals surface area contributed by atoms with E-state index < -0.39 is 0 Å². The second-order valence-electron chi connectivity index (χ2n) is 4.64. The fraction of sp³-hybridized carbons (Fsp3) is 0.125. The Balaban J connectivity index is 1.94. The number of anilines is 1. The molecule has 1 aromatic carbocycles. The molecular weight excluding hydrogens is 294 g/mol. The molecule has 3 rings (SSSR count). The molecule has 0 bridgehead atoms. The minimum absolute atomic E-state index is 0.523. The lowest BCUT2D eigenvalue weighted by molar-refractivity contribution is 0.978. The number of thiocarbonyl (C=S) groups is 1. The predicted octanol–water partition coefficient (Wildman–Crippen LogP) is 3.00. The lowest BCUT2D eigenvalue weighted by Crippen LogP contribution is -2.28. The van der Waals surface area contributed by atoms with E-state index in [9.17, 15) is 0 Å². The van der Waals surface area contributed by atoms with Crippen molar-refractivity contribution in [3.63, 3.8) is 0 Å². The number of pyridine rings is 1. The summed E-state index contributed by atoms with van der Waals surface area (Å²) in [5.41, 5.74) is 3.26. The van der Waals surface area contributed by atoms with Crippen LogP contribution in [0.3, 0.4) is 0 Å². The number of nitrogens with one attached hydrogen (secondary N) is 2. The van der Waals surface area contributed by atoms with Gasteiger partial charge < -0.3 is 10.6 Å². The van der Waals surface area contributed by atoms with Crippen LogP contribution in [0.2, 0.25) is 0 Å². The first kappa shape index (κ1) is 14.3. The number of rotatable bonds is 3. The first-order valence-corrected chi connectivity index (χ1v) is 7.41. The van der Waals surface area contributed by atoms with Crippen molar-refractivity contribution in [3.05, 3.63) is 48.7 Å². The van der Waals surface area contributed by atoms with Gasteiger partial charge in [-0.2, -0.15) is 0 Å². The maximum Gasteiger partial charge on any atom is 0.180 e. The molecule has 0 aliphatic heterocycles. The van der Waals surface area contributed by atoms with Crippen LogP contribution in [-0.4, -0.2) is 26.6 Å². The highest BCUT2D eigenvalue weighted by atomic mass is 32.1. The molecule has 0 unspecified atom stereocenters. The summed E-state index contributed by atoms with van der Waals surface area (Å²) in [6.45, 7) is 2.73. The third-order valence-corrected chi connectivity index (χ3v) is 3.30. The van der Waals surface area contributed by atoms with Gasteiger partial charge in [-0.1, -0.05) is 30.3 Å². The van der Waals surface area contributed by atoms with Gasteiger partial charge in [0.15, 0.2) is 16.6 Å². The lowest BCUT2D eigenvalue weighted by Gasteiger charge is -2.08. The highest BCUT2D eigenvalue weighted by Crippen LogP contribution is 2.19. The number of hydrogen-bond acceptors (Lipinski definition) is 4. The molecule has 2 N–H and O–H groups in total. The summed E-state index contributed by atoms with van der Waals surface area (Å²) in [6, 6.07) is 13.9. The number of aromatic nitrogens is 3. The molecule has 110 valence electrons. The highest BCUT2D eigenvalue weighted by molar-refractivity contribution is 7.80. The van der Waals surface area contributed by atoms with Crippen molar-refractivity contribution in [1.29, 1.82) is 0 Å². The Hall–Kier alpha value is -2.60. The zero-order valence-corrected chi connectivity index (χ0v) is 12.9. The van der Waals surface area contributed by atoms with Gasteiger partial charge in [0.1, 0.15) is 5.52 Å². The molecular formula is C16H15N5S. The van der Waals surface area contributed by atoms with E-state index in [-0.39, 0.29) is 0 Å². The van der Waals surface area contributed by atoms with E-state index in [4.69, 9.17) is 12.2 Å². The van der Waals surface area contributed by atoms with Crippen molar-refractivity contribution >= 4 is 34.3 Å². The van der Waals surface area contributed by atoms with Crippen LogP contribution in [0.5, 0.6) is 0 Å². The first-order valence-electron chi connectivity index (χ1n) is 7.00. The van der Waals surface area contributed by atoms with Crippen LogP contribution < -0.4 is 10.6 Å². The van der Waals surface area contributed by atoms with Gasteiger partial charge in [-0.25, -0.2) is 15.0 Å². The van der Waals surface area contributed by atoms with E-state index in [0.29, 0.717) is 16.6 Å². The third-order valence-electron chi connectivity index (χ3n) is 3.06. The highest BCUT2D eigenvalue weighted by Gasteiger charge is 2.05. The largest absolute Gasteiger partial charge is 0.363 e. The summed E-state index contributed by atoms with van der Waals surface area (Å²) < 4.78 is 0. The normalized spacial score (nSPS) is 10.4. The summed E-state index contributed by atoms with van der Waals surface area (Å²) >= 11 is 5.15. The van der Waals surface area contributed by atoms with Gasteiger partial charge in [0.05, 0.1) is 11.9 Å². The topological polar surface area (TPSA) is 62.7 Å². The standard InChI is InChI=1S/C16H15N5S/c1-2-17-16(22)21-14-10-18-13-9-8-12(19-15(13)20-14)11-6-4-3-5-7-11/h3-10H,2H2,1H3,(H2,17,19,20,21,22). The van der Waals surface area contributed by atoms with Crippen LogP contribution in [0.1, 0.15) is 6.92 Å². The molecule has 6 heteroatoms. The maximum atomic E-state index is 5.15. The van der Waals surface area contributed by atoms with E-state index in [1.807, 2.05) is 49.4 Å². The Labute approximate surface area is 133 Å². The quantitative estimate of drug-likeness (QED) is 0.725. The average molecular weight is 309 g/mol. The maximum absolute atomic E-state index is 5.15. The molecule has 0 fully saturated rings. The Morgan fingerprint density at radius 3 is 2.68 bits per heavy atom. The van der Waals surface area contributed by atoms with Gasteiger partial charge in [0.2, 0.25) is 0 Å². The summed E-state index contributed by atoms with van der Waals surface area (Å²) in [6.07, 6.45) is 1.65. The second kappa shape index (κ2) is 6.44. The van der Waals surface area contributed by atoms with E-state index in [0.717, 1.165) is 23.3 Å². The van der Waals surface area contributed by atoms with Gasteiger partial charge in [-0.15, -0.1) is 0 Å². The zero-order valence-electron chi connectivity index (χ0n) is 12.1. The molecule has 22 heavy (non-hydrogen) atoms. The van der Waals surface area contributed by atoms with Crippen molar-refractivity contribution in [1.82, 2.24) is 20.3 Å². The Bertz CT molecular complexity index is 804. The third kappa shape index (κ3) is 3.17. The Kier molecular flexibility index (Phi) is 4.20. The Morgan fingerprint density at radius 2 is 1.91 bits per heavy atom. The molecule has 0 amide bonds. The van der Waals surface area contributed by atoms with Crippen molar-refractivity contribution in [2.24, 2.45) is 0 Å². The smallest absolute Gasteiger partial charge is 0.180 e. The molecule has 2 heterocycles. The van der Waals surface area contributed by atoms with Crippen LogP contribution >= 0.6 is 12.2 Å². The molecule has 2 aromatic heterocycles. The molecule has 0 saturated carbocycles. The number of fused-ring (bicyclic) bond motifs is 1. The molecule has 0 spiro atoms. The van der Waals surface area contributed by atoms with E-state index >= 15 is 0 Å². The molecule has 0 aliphatic carbocycles. The average Bonchev–Trinajstić information content (AvgIpc) is 2.55. The summed E-state index contributed by atoms with van der Waals surface area (Å²) in [5, 5.41) is 6.54. The van der Waals surface area contributed by atoms with Gasteiger partial charge in [-0.3, -0.25) is 0 Å². The van der Waals surface area contributed by atoms with Crippen molar-refractivity contribution in [3.8, 4) is 11.3 Å². The number of hydrogen-bond donors (Lipinski definition) is 2. The minimum atomic E-state index is 0.523. The van der Waals surface area contributed by atoms with E-state index in [1.165, 1.54) is 0 Å². The summed E-state index contributed by atoms with van der Waals surface area (Å²) in [4.78, 5) is 13.4. The molecule has 0 saturated heterocycles. The fourth-order valence-corrected chi connectivity index (χ4v) is 2.30. The zero-order chi connectivity index (χ0) is 15.4. The summed E-state index contributed by atoms with van der Waals surface area (Å²) in [5.74, 6) is 0.580. The molecule has 5 nitrogen and oxygen atoms in total. The van der Waals surface area contributed by atoms with E-state index in [2.05, 4.69) is 25.6 Å². The van der Waals surface area contributed by atoms with Crippen LogP contribution in [-0.2, 0) is 0 Å². The van der Waals surface area contributed by atoms with Crippen molar-refractivity contribution in [2.45, 2.75) is 6.92 Å². The lowest BCUT2D eigenvalue weighted by atomic mass is 10.1.